The number of likely N-dealkylation sites (tertiary alicyclic amines) is 1. The van der Waals surface area contributed by atoms with Gasteiger partial charge >= 0.3 is 0 Å². The summed E-state index contributed by atoms with van der Waals surface area (Å²) < 4.78 is 0. The van der Waals surface area contributed by atoms with Crippen molar-refractivity contribution in [2.24, 2.45) is 5.73 Å². The van der Waals surface area contributed by atoms with E-state index >= 15 is 0 Å². The van der Waals surface area contributed by atoms with E-state index in [0.29, 0.717) is 13.1 Å². The van der Waals surface area contributed by atoms with Crippen LogP contribution < -0.4 is 16.6 Å². The first-order valence-corrected chi connectivity index (χ1v) is 6.55. The van der Waals surface area contributed by atoms with Crippen molar-refractivity contribution in [1.82, 2.24) is 15.2 Å². The highest BCUT2D eigenvalue weighted by Gasteiger charge is 2.22. The molecular weight excluding hydrogens is 260 g/mol. The van der Waals surface area contributed by atoms with Crippen LogP contribution in [0.2, 0.25) is 0 Å². The highest BCUT2D eigenvalue weighted by Crippen LogP contribution is 2.10. The highest BCUT2D eigenvalue weighted by atomic mass is 16.2. The van der Waals surface area contributed by atoms with Gasteiger partial charge in [-0.15, -0.1) is 0 Å². The molecule has 7 heteroatoms. The van der Waals surface area contributed by atoms with Gasteiger partial charge in [-0.1, -0.05) is 0 Å². The minimum atomic E-state index is -0.392. The van der Waals surface area contributed by atoms with Crippen LogP contribution in [-0.2, 0) is 4.79 Å². The zero-order valence-corrected chi connectivity index (χ0v) is 11.1. The van der Waals surface area contributed by atoms with E-state index in [2.05, 4.69) is 10.3 Å². The van der Waals surface area contributed by atoms with Crippen molar-refractivity contribution in [3.63, 3.8) is 0 Å². The van der Waals surface area contributed by atoms with Crippen LogP contribution in [0.15, 0.2) is 23.1 Å². The van der Waals surface area contributed by atoms with Gasteiger partial charge in [-0.2, -0.15) is 0 Å². The van der Waals surface area contributed by atoms with Crippen molar-refractivity contribution in [3.05, 3.63) is 34.2 Å². The molecule has 1 saturated heterocycles. The molecule has 7 nitrogen and oxygen atoms in total. The predicted octanol–water partition coefficient (Wildman–Crippen LogP) is -0.946. The number of aromatic amines is 1. The lowest BCUT2D eigenvalue weighted by Crippen LogP contribution is -2.47. The maximum absolute atomic E-state index is 12.0. The fraction of sp³-hybridized carbons (Fsp3) is 0.462. The number of pyridine rings is 1. The van der Waals surface area contributed by atoms with Crippen molar-refractivity contribution in [1.29, 1.82) is 0 Å². The van der Waals surface area contributed by atoms with Crippen LogP contribution in [0.4, 0.5) is 0 Å². The zero-order valence-electron chi connectivity index (χ0n) is 11.1. The number of hydrogen-bond donors (Lipinski definition) is 3. The largest absolute Gasteiger partial charge is 0.369 e. The van der Waals surface area contributed by atoms with Gasteiger partial charge < -0.3 is 16.0 Å². The van der Waals surface area contributed by atoms with Crippen LogP contribution in [0.1, 0.15) is 23.2 Å². The van der Waals surface area contributed by atoms with Gasteiger partial charge in [0.05, 0.1) is 6.54 Å². The fourth-order valence-electron chi connectivity index (χ4n) is 2.32. The van der Waals surface area contributed by atoms with E-state index in [9.17, 15) is 14.4 Å². The van der Waals surface area contributed by atoms with Gasteiger partial charge in [-0.25, -0.2) is 0 Å². The number of aromatic nitrogens is 1. The second-order valence-electron chi connectivity index (χ2n) is 4.90. The molecule has 1 aliphatic heterocycles. The second kappa shape index (κ2) is 6.33. The van der Waals surface area contributed by atoms with Gasteiger partial charge in [0.2, 0.25) is 5.91 Å². The number of primary amides is 1. The third kappa shape index (κ3) is 3.67. The number of rotatable bonds is 4. The molecular formula is C13H18N4O3. The molecule has 0 bridgehead atoms. The molecule has 2 heterocycles. The molecule has 2 rings (SSSR count). The molecule has 2 amide bonds. The molecule has 0 aliphatic carbocycles. The zero-order chi connectivity index (χ0) is 14.5. The van der Waals surface area contributed by atoms with Crippen molar-refractivity contribution in [2.45, 2.75) is 18.9 Å². The summed E-state index contributed by atoms with van der Waals surface area (Å²) in [5.41, 5.74) is 4.87. The number of carbonyl (C=O) groups is 2. The number of nitrogens with two attached hydrogens (primary N) is 1. The molecule has 108 valence electrons. The Hall–Kier alpha value is -2.15. The first-order valence-electron chi connectivity index (χ1n) is 6.55. The molecule has 20 heavy (non-hydrogen) atoms. The summed E-state index contributed by atoms with van der Waals surface area (Å²) in [6.07, 6.45) is 2.97. The Kier molecular flexibility index (Phi) is 4.52. The number of nitrogens with zero attached hydrogens (tertiary/aromatic N) is 1. The normalized spacial score (nSPS) is 16.8. The molecule has 0 spiro atoms. The molecule has 1 aromatic heterocycles. The molecule has 0 saturated carbocycles. The third-order valence-electron chi connectivity index (χ3n) is 3.37. The van der Waals surface area contributed by atoms with E-state index in [1.807, 2.05) is 4.90 Å². The monoisotopic (exact) mass is 278 g/mol. The lowest BCUT2D eigenvalue weighted by molar-refractivity contribution is -0.119. The minimum absolute atomic E-state index is 0.0197. The summed E-state index contributed by atoms with van der Waals surface area (Å²) in [7, 11) is 0. The number of amides is 2. The van der Waals surface area contributed by atoms with Crippen molar-refractivity contribution < 1.29 is 9.59 Å². The van der Waals surface area contributed by atoms with Gasteiger partial charge in [0.1, 0.15) is 5.56 Å². The SMILES string of the molecule is NC(=O)CN1CCC(NC(=O)c2ccc[nH]c2=O)CC1. The van der Waals surface area contributed by atoms with Crippen LogP contribution in [0.3, 0.4) is 0 Å². The Bertz CT molecular complexity index is 547. The predicted molar refractivity (Wildman–Crippen MR) is 73.2 cm³/mol. The Balaban J connectivity index is 1.87. The lowest BCUT2D eigenvalue weighted by atomic mass is 10.0. The van der Waals surface area contributed by atoms with Crippen LogP contribution in [0.5, 0.6) is 0 Å². The number of hydrogen-bond acceptors (Lipinski definition) is 4. The maximum atomic E-state index is 12.0. The average Bonchev–Trinajstić information content (AvgIpc) is 2.41. The van der Waals surface area contributed by atoms with Gasteiger partial charge in [0, 0.05) is 25.3 Å². The van der Waals surface area contributed by atoms with E-state index in [-0.39, 0.29) is 30.0 Å². The number of H-pyrrole nitrogens is 1. The van der Waals surface area contributed by atoms with Gasteiger partial charge in [-0.05, 0) is 25.0 Å². The summed E-state index contributed by atoms with van der Waals surface area (Å²) in [5.74, 6) is -0.705. The molecule has 1 aliphatic rings. The van der Waals surface area contributed by atoms with Crippen LogP contribution in [0.25, 0.3) is 0 Å². The Morgan fingerprint density at radius 1 is 1.40 bits per heavy atom. The van der Waals surface area contributed by atoms with E-state index in [4.69, 9.17) is 5.73 Å². The number of carbonyl (C=O) groups excluding carboxylic acids is 2. The summed E-state index contributed by atoms with van der Waals surface area (Å²) >= 11 is 0. The molecule has 0 atom stereocenters. The van der Waals surface area contributed by atoms with Crippen molar-refractivity contribution >= 4 is 11.8 Å². The van der Waals surface area contributed by atoms with Gasteiger partial charge in [-0.3, -0.25) is 19.3 Å². The highest BCUT2D eigenvalue weighted by molar-refractivity contribution is 5.93. The first kappa shape index (κ1) is 14.3. The van der Waals surface area contributed by atoms with Crippen molar-refractivity contribution in [3.8, 4) is 0 Å². The Morgan fingerprint density at radius 2 is 2.10 bits per heavy atom. The standard InChI is InChI=1S/C13H18N4O3/c14-11(18)8-17-6-3-9(4-7-17)16-13(20)10-2-1-5-15-12(10)19/h1-2,5,9H,3-4,6-8H2,(H2,14,18)(H,15,19)(H,16,20). The van der Waals surface area contributed by atoms with Crippen LogP contribution in [0, 0.1) is 0 Å². The third-order valence-corrected chi connectivity index (χ3v) is 3.37. The molecule has 1 aromatic rings. The maximum Gasteiger partial charge on any atom is 0.260 e. The molecule has 0 unspecified atom stereocenters. The summed E-state index contributed by atoms with van der Waals surface area (Å²) in [5, 5.41) is 2.85. The van der Waals surface area contributed by atoms with Gasteiger partial charge in [0.25, 0.3) is 11.5 Å². The molecule has 0 radical (unpaired) electrons. The van der Waals surface area contributed by atoms with Crippen LogP contribution in [-0.4, -0.2) is 47.4 Å². The lowest BCUT2D eigenvalue weighted by Gasteiger charge is -2.31. The quantitative estimate of drug-likeness (QED) is 0.660. The molecule has 1 fully saturated rings. The Morgan fingerprint density at radius 3 is 2.70 bits per heavy atom. The number of nitrogens with one attached hydrogen (secondary N) is 2. The summed E-state index contributed by atoms with van der Waals surface area (Å²) in [4.78, 5) is 38.7. The summed E-state index contributed by atoms with van der Waals surface area (Å²) in [6, 6.07) is 3.13. The topological polar surface area (TPSA) is 108 Å². The Labute approximate surface area is 116 Å². The fourth-order valence-corrected chi connectivity index (χ4v) is 2.32. The van der Waals surface area contributed by atoms with Crippen molar-refractivity contribution in [2.75, 3.05) is 19.6 Å². The molecule has 4 N–H and O–H groups in total. The average molecular weight is 278 g/mol. The smallest absolute Gasteiger partial charge is 0.260 e. The first-order chi connectivity index (χ1) is 9.56. The molecule has 0 aromatic carbocycles. The summed E-state index contributed by atoms with van der Waals surface area (Å²) in [6.45, 7) is 1.66. The van der Waals surface area contributed by atoms with E-state index in [1.165, 1.54) is 12.3 Å². The minimum Gasteiger partial charge on any atom is -0.369 e. The van der Waals surface area contributed by atoms with E-state index in [0.717, 1.165) is 12.8 Å². The van der Waals surface area contributed by atoms with E-state index in [1.54, 1.807) is 6.07 Å². The second-order valence-corrected chi connectivity index (χ2v) is 4.90. The van der Waals surface area contributed by atoms with E-state index < -0.39 is 5.56 Å². The van der Waals surface area contributed by atoms with Gasteiger partial charge in [0.15, 0.2) is 0 Å². The van der Waals surface area contributed by atoms with Crippen LogP contribution >= 0.6 is 0 Å². The number of piperidine rings is 1.